The lowest BCUT2D eigenvalue weighted by atomic mass is 9.97. The minimum atomic E-state index is -4.48. The Morgan fingerprint density at radius 1 is 1.08 bits per heavy atom. The van der Waals surface area contributed by atoms with Gasteiger partial charge in [-0.25, -0.2) is 14.2 Å². The molecule has 1 atom stereocenters. The molecule has 0 aromatic heterocycles. The maximum absolute atomic E-state index is 13.9. The summed E-state index contributed by atoms with van der Waals surface area (Å²) in [5.41, 5.74) is 0.531. The van der Waals surface area contributed by atoms with Crippen LogP contribution >= 0.6 is 23.2 Å². The largest absolute Gasteiger partial charge is 0.416 e. The number of oxime groups is 1. The average molecular weight is 538 g/mol. The van der Waals surface area contributed by atoms with Crippen LogP contribution in [0.2, 0.25) is 10.0 Å². The molecule has 0 fully saturated rings. The number of nitrogens with zero attached hydrogens (tertiary/aromatic N) is 3. The summed E-state index contributed by atoms with van der Waals surface area (Å²) >= 11 is 12.3. The summed E-state index contributed by atoms with van der Waals surface area (Å²) in [6.45, 7) is 1.50. The molecule has 1 heterocycles. The molecular formula is C25H17Cl2F4N3O2. The Morgan fingerprint density at radius 2 is 1.78 bits per heavy atom. The van der Waals surface area contributed by atoms with Crippen LogP contribution in [0.4, 0.5) is 17.6 Å². The van der Waals surface area contributed by atoms with Crippen LogP contribution in [0.5, 0.6) is 0 Å². The molecule has 0 saturated carbocycles. The fourth-order valence-corrected chi connectivity index (χ4v) is 4.19. The summed E-state index contributed by atoms with van der Waals surface area (Å²) in [7, 11) is 0. The first kappa shape index (κ1) is 25.7. The molecule has 0 amide bonds. The van der Waals surface area contributed by atoms with Gasteiger partial charge in [-0.15, -0.1) is 0 Å². The highest BCUT2D eigenvalue weighted by atomic mass is 35.5. The predicted molar refractivity (Wildman–Crippen MR) is 129 cm³/mol. The van der Waals surface area contributed by atoms with Crippen LogP contribution in [0, 0.1) is 5.82 Å². The van der Waals surface area contributed by atoms with Crippen molar-refractivity contribution >= 4 is 40.7 Å². The van der Waals surface area contributed by atoms with Crippen molar-refractivity contribution in [2.75, 3.05) is 0 Å². The molecule has 1 unspecified atom stereocenters. The molecule has 36 heavy (non-hydrogen) atoms. The van der Waals surface area contributed by atoms with Gasteiger partial charge >= 0.3 is 12.1 Å². The summed E-state index contributed by atoms with van der Waals surface area (Å²) in [6, 6.07) is 14.2. The summed E-state index contributed by atoms with van der Waals surface area (Å²) in [4.78, 5) is 17.2. The lowest BCUT2D eigenvalue weighted by Gasteiger charge is -2.23. The molecule has 0 bridgehead atoms. The van der Waals surface area contributed by atoms with Crippen LogP contribution in [0.25, 0.3) is 0 Å². The quantitative estimate of drug-likeness (QED) is 0.114. The van der Waals surface area contributed by atoms with Crippen molar-refractivity contribution in [1.29, 1.82) is 0 Å². The Morgan fingerprint density at radius 3 is 2.42 bits per heavy atom. The van der Waals surface area contributed by atoms with E-state index in [4.69, 9.17) is 28.0 Å². The van der Waals surface area contributed by atoms with Gasteiger partial charge in [0.2, 0.25) is 0 Å². The van der Waals surface area contributed by atoms with Gasteiger partial charge in [-0.2, -0.15) is 18.3 Å². The first-order valence-electron chi connectivity index (χ1n) is 10.5. The standard InChI is InChI=1S/C25H17Cl2F4N3O2/c1-14(33-36-24(35)19-4-2-3-5-21(19)28)34-23(15-6-8-16(9-7-15)25(29,30)31)13-22(32-34)18-11-10-17(26)12-20(18)27/h2-12,23H,13H2,1H3/b33-14-. The van der Waals surface area contributed by atoms with Gasteiger partial charge < -0.3 is 4.84 Å². The Balaban J connectivity index is 1.66. The number of carbonyl (C=O) groups excluding carboxylic acids is 1. The molecule has 1 aliphatic heterocycles. The van der Waals surface area contributed by atoms with Crippen molar-refractivity contribution < 1.29 is 27.2 Å². The number of alkyl halides is 3. The van der Waals surface area contributed by atoms with Crippen LogP contribution in [0.15, 0.2) is 77.0 Å². The Kier molecular flexibility index (Phi) is 7.33. The average Bonchev–Trinajstić information content (AvgIpc) is 3.27. The molecule has 3 aromatic carbocycles. The number of carbonyl (C=O) groups is 1. The van der Waals surface area contributed by atoms with E-state index in [9.17, 15) is 22.4 Å². The van der Waals surface area contributed by atoms with Crippen LogP contribution < -0.4 is 0 Å². The number of amidine groups is 1. The monoisotopic (exact) mass is 537 g/mol. The van der Waals surface area contributed by atoms with E-state index in [1.54, 1.807) is 18.2 Å². The maximum atomic E-state index is 13.9. The number of rotatable bonds is 4. The van der Waals surface area contributed by atoms with E-state index in [0.29, 0.717) is 26.9 Å². The van der Waals surface area contributed by atoms with Crippen molar-refractivity contribution in [3.05, 3.63) is 105 Å². The molecule has 1 aliphatic rings. The normalized spacial score (nSPS) is 16.2. The summed E-state index contributed by atoms with van der Waals surface area (Å²) in [6.07, 6.45) is -4.22. The van der Waals surface area contributed by atoms with E-state index < -0.39 is 29.6 Å². The highest BCUT2D eigenvalue weighted by Gasteiger charge is 2.34. The van der Waals surface area contributed by atoms with Gasteiger partial charge in [0.05, 0.1) is 27.9 Å². The SMILES string of the molecule is C/C(=N/OC(=O)c1ccccc1F)N1N=C(c2ccc(Cl)cc2Cl)CC1c1ccc(C(F)(F)F)cc1. The Bertz CT molecular complexity index is 1360. The third kappa shape index (κ3) is 5.52. The minimum absolute atomic E-state index is 0.115. The first-order valence-corrected chi connectivity index (χ1v) is 11.3. The number of benzene rings is 3. The number of hydrogen-bond acceptors (Lipinski definition) is 4. The predicted octanol–water partition coefficient (Wildman–Crippen LogP) is 7.49. The van der Waals surface area contributed by atoms with E-state index in [-0.39, 0.29) is 17.8 Å². The summed E-state index contributed by atoms with van der Waals surface area (Å²) < 4.78 is 53.0. The molecule has 0 saturated heterocycles. The number of halogens is 6. The van der Waals surface area contributed by atoms with Crippen molar-refractivity contribution in [1.82, 2.24) is 5.01 Å². The first-order chi connectivity index (χ1) is 17.0. The zero-order chi connectivity index (χ0) is 26.0. The van der Waals surface area contributed by atoms with E-state index in [2.05, 4.69) is 10.3 Å². The Hall–Kier alpha value is -3.43. The van der Waals surface area contributed by atoms with E-state index >= 15 is 0 Å². The Labute approximate surface area is 213 Å². The van der Waals surface area contributed by atoms with E-state index in [0.717, 1.165) is 18.2 Å². The van der Waals surface area contributed by atoms with Crippen molar-refractivity contribution in [2.24, 2.45) is 10.3 Å². The van der Waals surface area contributed by atoms with Gasteiger partial charge in [-0.3, -0.25) is 0 Å². The molecule has 0 N–H and O–H groups in total. The van der Waals surface area contributed by atoms with E-state index in [1.807, 2.05) is 0 Å². The van der Waals surface area contributed by atoms with Gasteiger partial charge in [-0.1, -0.05) is 58.7 Å². The fourth-order valence-electron chi connectivity index (χ4n) is 3.67. The van der Waals surface area contributed by atoms with Crippen LogP contribution in [0.3, 0.4) is 0 Å². The fraction of sp³-hybridized carbons (Fsp3) is 0.160. The van der Waals surface area contributed by atoms with Crippen molar-refractivity contribution in [3.8, 4) is 0 Å². The maximum Gasteiger partial charge on any atom is 0.416 e. The molecule has 0 spiro atoms. The van der Waals surface area contributed by atoms with Gasteiger partial charge in [0.15, 0.2) is 5.84 Å². The zero-order valence-electron chi connectivity index (χ0n) is 18.6. The smallest absolute Gasteiger partial charge is 0.311 e. The number of hydrazone groups is 1. The molecule has 186 valence electrons. The third-order valence-corrected chi connectivity index (χ3v) is 6.01. The third-order valence-electron chi connectivity index (χ3n) is 5.46. The van der Waals surface area contributed by atoms with Gasteiger partial charge in [0.1, 0.15) is 5.82 Å². The van der Waals surface area contributed by atoms with Gasteiger partial charge in [-0.05, 0) is 48.9 Å². The summed E-state index contributed by atoms with van der Waals surface area (Å²) in [5, 5.41) is 10.5. The van der Waals surface area contributed by atoms with Crippen molar-refractivity contribution in [3.63, 3.8) is 0 Å². The second-order valence-corrected chi connectivity index (χ2v) is 8.70. The molecule has 11 heteroatoms. The molecule has 3 aromatic rings. The number of hydrogen-bond donors (Lipinski definition) is 0. The minimum Gasteiger partial charge on any atom is -0.311 e. The highest BCUT2D eigenvalue weighted by molar-refractivity contribution is 6.37. The molecule has 0 radical (unpaired) electrons. The van der Waals surface area contributed by atoms with Crippen LogP contribution in [-0.4, -0.2) is 22.5 Å². The lowest BCUT2D eigenvalue weighted by Crippen LogP contribution is -2.25. The topological polar surface area (TPSA) is 54.3 Å². The van der Waals surface area contributed by atoms with Gasteiger partial charge in [0.25, 0.3) is 0 Å². The molecular weight excluding hydrogens is 521 g/mol. The molecule has 0 aliphatic carbocycles. The van der Waals surface area contributed by atoms with E-state index in [1.165, 1.54) is 42.3 Å². The van der Waals surface area contributed by atoms with Crippen LogP contribution in [0.1, 0.15) is 46.4 Å². The highest BCUT2D eigenvalue weighted by Crippen LogP contribution is 2.37. The zero-order valence-corrected chi connectivity index (χ0v) is 20.1. The summed E-state index contributed by atoms with van der Waals surface area (Å²) in [5.74, 6) is -1.66. The molecule has 4 rings (SSSR count). The van der Waals surface area contributed by atoms with Crippen molar-refractivity contribution in [2.45, 2.75) is 25.6 Å². The lowest BCUT2D eigenvalue weighted by molar-refractivity contribution is -0.137. The van der Waals surface area contributed by atoms with Gasteiger partial charge in [0, 0.05) is 17.0 Å². The second-order valence-electron chi connectivity index (χ2n) is 7.85. The molecule has 5 nitrogen and oxygen atoms in total. The van der Waals surface area contributed by atoms with Crippen LogP contribution in [-0.2, 0) is 11.0 Å². The second kappa shape index (κ2) is 10.3.